The van der Waals surface area contributed by atoms with Crippen LogP contribution >= 0.6 is 45.9 Å². The van der Waals surface area contributed by atoms with Gasteiger partial charge in [0.25, 0.3) is 20.0 Å². The number of nitrogens with one attached hydrogen (secondary N) is 1. The molecule has 0 saturated heterocycles. The van der Waals surface area contributed by atoms with E-state index >= 15 is 0 Å². The summed E-state index contributed by atoms with van der Waals surface area (Å²) < 4.78 is 67.9. The summed E-state index contributed by atoms with van der Waals surface area (Å²) in [6, 6.07) is 15.3. The first-order chi connectivity index (χ1) is 22.8. The van der Waals surface area contributed by atoms with E-state index in [0.717, 1.165) is 41.3 Å². The minimum absolute atomic E-state index is 0.0124. The normalized spacial score (nSPS) is 13.3. The van der Waals surface area contributed by atoms with Gasteiger partial charge in [0.05, 0.1) is 17.3 Å². The monoisotopic (exact) mass is 763 g/mol. The largest absolute Gasteiger partial charge is 0.372 e. The number of anilines is 1. The molecule has 0 saturated carbocycles. The summed E-state index contributed by atoms with van der Waals surface area (Å²) in [6.07, 6.45) is 1.46. The summed E-state index contributed by atoms with van der Waals surface area (Å²) >= 11 is 14.6. The quantitative estimate of drug-likeness (QED) is 0.133. The van der Waals surface area contributed by atoms with E-state index in [1.165, 1.54) is 6.07 Å². The molecular weight excluding hydrogens is 730 g/mol. The van der Waals surface area contributed by atoms with Crippen LogP contribution in [-0.2, 0) is 24.8 Å². The summed E-state index contributed by atoms with van der Waals surface area (Å²) in [7, 11) is -9.45. The highest BCUT2D eigenvalue weighted by molar-refractivity contribution is 8.12. The number of rotatable bonds is 12. The third-order valence-corrected chi connectivity index (χ3v) is 16.9. The van der Waals surface area contributed by atoms with Crippen LogP contribution in [0, 0.1) is 13.8 Å². The molecule has 3 aromatic heterocycles. The van der Waals surface area contributed by atoms with Crippen LogP contribution in [0.15, 0.2) is 69.2 Å². The Hall–Kier alpha value is -2.68. The van der Waals surface area contributed by atoms with Crippen molar-refractivity contribution in [3.8, 4) is 0 Å². The van der Waals surface area contributed by atoms with Crippen molar-refractivity contribution in [1.29, 1.82) is 0 Å². The molecule has 6 rings (SSSR count). The summed E-state index contributed by atoms with van der Waals surface area (Å²) in [4.78, 5) is 5.48. The van der Waals surface area contributed by atoms with Crippen LogP contribution in [0.2, 0.25) is 10.0 Å². The lowest BCUT2D eigenvalue weighted by atomic mass is 10.1. The minimum atomic E-state index is -4.73. The highest BCUT2D eigenvalue weighted by Gasteiger charge is 2.42. The van der Waals surface area contributed by atoms with Gasteiger partial charge >= 0.3 is 0 Å². The second-order valence-corrected chi connectivity index (χ2v) is 18.6. The Bertz CT molecular complexity index is 2260. The molecule has 1 N–H and O–H groups in total. The fraction of sp³-hybridized carbons (Fsp3) is 0.294. The average Bonchev–Trinajstić information content (AvgIpc) is 3.73. The number of thiophene rings is 2. The maximum Gasteiger partial charge on any atom is 0.287 e. The van der Waals surface area contributed by atoms with Gasteiger partial charge in [-0.25, -0.2) is 0 Å². The summed E-state index contributed by atoms with van der Waals surface area (Å²) in [5.74, 6) is 0. The second kappa shape index (κ2) is 13.6. The van der Waals surface area contributed by atoms with E-state index in [1.807, 2.05) is 13.0 Å². The lowest BCUT2D eigenvalue weighted by molar-refractivity contribution is 0.0357. The van der Waals surface area contributed by atoms with Crippen molar-refractivity contribution in [2.75, 3.05) is 30.0 Å². The van der Waals surface area contributed by atoms with Crippen molar-refractivity contribution in [2.24, 2.45) is 0 Å². The van der Waals surface area contributed by atoms with Crippen molar-refractivity contribution in [3.63, 3.8) is 0 Å². The molecule has 0 bridgehead atoms. The highest BCUT2D eigenvalue weighted by Crippen LogP contribution is 2.45. The van der Waals surface area contributed by atoms with E-state index in [4.69, 9.17) is 27.9 Å². The van der Waals surface area contributed by atoms with Gasteiger partial charge in [0.1, 0.15) is 8.42 Å². The Kier molecular flexibility index (Phi) is 9.93. The predicted molar refractivity (Wildman–Crippen MR) is 200 cm³/mol. The van der Waals surface area contributed by atoms with Crippen LogP contribution < -0.4 is 3.71 Å². The van der Waals surface area contributed by atoms with Gasteiger partial charge in [-0.05, 0) is 98.2 Å². The molecular formula is C34H35Cl2N3O5S4. The number of para-hydroxylation sites is 1. The first kappa shape index (κ1) is 35.2. The Labute approximate surface area is 298 Å². The van der Waals surface area contributed by atoms with Crippen LogP contribution in [0.1, 0.15) is 43.6 Å². The average molecular weight is 765 g/mol. The molecule has 0 spiro atoms. The van der Waals surface area contributed by atoms with Gasteiger partial charge in [0, 0.05) is 49.7 Å². The Morgan fingerprint density at radius 3 is 1.83 bits per heavy atom. The number of halogens is 2. The molecule has 0 aliphatic rings. The lowest BCUT2D eigenvalue weighted by Gasteiger charge is -2.26. The maximum atomic E-state index is 15.0. The number of aromatic nitrogens is 1. The Morgan fingerprint density at radius 2 is 1.33 bits per heavy atom. The van der Waals surface area contributed by atoms with Gasteiger partial charge in [-0.2, -0.15) is 20.5 Å². The number of benzene rings is 3. The van der Waals surface area contributed by atoms with Gasteiger partial charge in [0.2, 0.25) is 0 Å². The fourth-order valence-electron chi connectivity index (χ4n) is 6.11. The smallest absolute Gasteiger partial charge is 0.287 e. The van der Waals surface area contributed by atoms with Gasteiger partial charge in [0.15, 0.2) is 0 Å². The number of aromatic amines is 1. The number of ether oxygens (including phenoxy) is 1. The molecule has 6 aromatic rings. The topological polar surface area (TPSA) is 99.8 Å². The van der Waals surface area contributed by atoms with E-state index < -0.39 is 20.0 Å². The second-order valence-electron chi connectivity index (χ2n) is 11.4. The van der Waals surface area contributed by atoms with Gasteiger partial charge < -0.3 is 14.6 Å². The van der Waals surface area contributed by atoms with Crippen LogP contribution in [0.25, 0.3) is 31.1 Å². The minimum Gasteiger partial charge on any atom is -0.372 e. The van der Waals surface area contributed by atoms with Crippen molar-refractivity contribution in [1.82, 2.24) is 9.88 Å². The van der Waals surface area contributed by atoms with E-state index in [9.17, 15) is 16.8 Å². The number of aryl methyl sites for hydroxylation is 2. The van der Waals surface area contributed by atoms with E-state index in [-0.39, 0.29) is 20.2 Å². The number of nitrogens with zero attached hydrogens (tertiary/aromatic N) is 2. The molecule has 48 heavy (non-hydrogen) atoms. The Morgan fingerprint density at radius 1 is 0.792 bits per heavy atom. The molecule has 3 aromatic carbocycles. The van der Waals surface area contributed by atoms with Crippen LogP contribution in [-0.4, -0.2) is 53.0 Å². The van der Waals surface area contributed by atoms with Gasteiger partial charge in [-0.15, -0.1) is 22.7 Å². The van der Waals surface area contributed by atoms with Gasteiger partial charge in [-0.1, -0.05) is 49.2 Å². The third kappa shape index (κ3) is 6.04. The number of likely N-dealkylation sites (N-methyl/N-ethyl adjacent to an activating group) is 1. The highest BCUT2D eigenvalue weighted by atomic mass is 35.5. The van der Waals surface area contributed by atoms with Crippen molar-refractivity contribution >= 4 is 103 Å². The number of fused-ring (bicyclic) bond motifs is 3. The maximum absolute atomic E-state index is 15.0. The number of hydrogen-bond donors (Lipinski definition) is 1. The molecule has 1 atom stereocenters. The molecule has 14 heteroatoms. The van der Waals surface area contributed by atoms with Crippen LogP contribution in [0.3, 0.4) is 0 Å². The van der Waals surface area contributed by atoms with E-state index in [1.54, 1.807) is 62.5 Å². The lowest BCUT2D eigenvalue weighted by Crippen LogP contribution is -2.37. The first-order valence-electron chi connectivity index (χ1n) is 15.4. The number of sulfonamides is 2. The third-order valence-electron chi connectivity index (χ3n) is 8.57. The van der Waals surface area contributed by atoms with Crippen LogP contribution in [0.4, 0.5) is 5.69 Å². The molecule has 0 aliphatic heterocycles. The number of H-pyrrole nitrogens is 1. The molecule has 0 fully saturated rings. The molecule has 1 unspecified atom stereocenters. The zero-order valence-electron chi connectivity index (χ0n) is 27.0. The first-order valence-corrected chi connectivity index (χ1v) is 20.7. The van der Waals surface area contributed by atoms with Gasteiger partial charge in [-0.3, -0.25) is 0 Å². The molecule has 254 valence electrons. The Balaban J connectivity index is 1.62. The van der Waals surface area contributed by atoms with Crippen molar-refractivity contribution in [2.45, 2.75) is 49.1 Å². The molecule has 0 aliphatic carbocycles. The molecule has 0 radical (unpaired) electrons. The standard InChI is InChI=1S/C34H35Cl2N3O5S4/c1-6-38(7-2)19-29(44-8-3)27-18-37-32-24(27)10-9-11-28(32)39(47(40,41)33-20(4)25-16-22(35)12-14-30(25)45-33)48(42,43)34-21(5)26-17-23(36)13-15-31(26)46-34/h9-18,29,37H,6-8,19H2,1-5H3. The fourth-order valence-corrected chi connectivity index (χ4v) is 14.0. The summed E-state index contributed by atoms with van der Waals surface area (Å²) in [5.41, 5.74) is 2.02. The summed E-state index contributed by atoms with van der Waals surface area (Å²) in [5, 5.41) is 2.87. The SMILES string of the molecule is CCOC(CN(CC)CC)c1c[nH]c2c(N(S(=O)(=O)c3sc4ccc(Cl)cc4c3C)S(=O)(=O)c3sc4ccc(Cl)cc4c3C)cccc12. The molecule has 8 nitrogen and oxygen atoms in total. The summed E-state index contributed by atoms with van der Waals surface area (Å²) in [6.45, 7) is 12.2. The van der Waals surface area contributed by atoms with Crippen LogP contribution in [0.5, 0.6) is 0 Å². The van der Waals surface area contributed by atoms with Crippen molar-refractivity contribution in [3.05, 3.63) is 87.5 Å². The predicted octanol–water partition coefficient (Wildman–Crippen LogP) is 9.52. The van der Waals surface area contributed by atoms with E-state index in [2.05, 4.69) is 23.7 Å². The molecule has 0 amide bonds. The zero-order valence-corrected chi connectivity index (χ0v) is 31.8. The zero-order chi connectivity index (χ0) is 34.5. The number of hydrogen-bond acceptors (Lipinski definition) is 8. The van der Waals surface area contributed by atoms with Crippen molar-refractivity contribution < 1.29 is 21.6 Å². The molecule has 3 heterocycles. The van der Waals surface area contributed by atoms with E-state index in [0.29, 0.717) is 69.1 Å².